The van der Waals surface area contributed by atoms with E-state index < -0.39 is 0 Å². The van der Waals surface area contributed by atoms with Crippen LogP contribution < -0.4 is 10.2 Å². The van der Waals surface area contributed by atoms with Gasteiger partial charge in [0.15, 0.2) is 0 Å². The Morgan fingerprint density at radius 3 is 2.89 bits per heavy atom. The van der Waals surface area contributed by atoms with Gasteiger partial charge in [-0.25, -0.2) is 0 Å². The number of ether oxygens (including phenoxy) is 1. The molecular weight excluding hydrogens is 236 g/mol. The number of benzene rings is 2. The minimum Gasteiger partial charge on any atom is -0.374 e. The van der Waals surface area contributed by atoms with E-state index in [2.05, 4.69) is 59.7 Å². The van der Waals surface area contributed by atoms with Gasteiger partial charge in [0.25, 0.3) is 0 Å². The topological polar surface area (TPSA) is 24.5 Å². The third-order valence-corrected chi connectivity index (χ3v) is 3.66. The molecule has 3 heteroatoms. The van der Waals surface area contributed by atoms with Crippen molar-refractivity contribution in [3.8, 4) is 0 Å². The molecule has 3 rings (SSSR count). The molecule has 2 aromatic rings. The number of anilines is 1. The van der Waals surface area contributed by atoms with Gasteiger partial charge in [-0.15, -0.1) is 0 Å². The van der Waals surface area contributed by atoms with Crippen LogP contribution in [0.2, 0.25) is 0 Å². The van der Waals surface area contributed by atoms with E-state index in [1.165, 1.54) is 16.5 Å². The van der Waals surface area contributed by atoms with E-state index in [0.29, 0.717) is 0 Å². The third-order valence-electron chi connectivity index (χ3n) is 3.66. The van der Waals surface area contributed by atoms with E-state index in [-0.39, 0.29) is 6.10 Å². The molecule has 0 saturated carbocycles. The van der Waals surface area contributed by atoms with Crippen LogP contribution in [0.25, 0.3) is 10.8 Å². The van der Waals surface area contributed by atoms with Crippen molar-refractivity contribution >= 4 is 16.5 Å². The van der Waals surface area contributed by atoms with Gasteiger partial charge in [0.05, 0.1) is 12.7 Å². The molecule has 0 aromatic heterocycles. The molecule has 1 aliphatic rings. The molecule has 0 bridgehead atoms. The summed E-state index contributed by atoms with van der Waals surface area (Å²) in [6.07, 6.45) is 0.276. The lowest BCUT2D eigenvalue weighted by atomic mass is 10.1. The maximum absolute atomic E-state index is 5.78. The van der Waals surface area contributed by atoms with E-state index in [1.807, 2.05) is 0 Å². The molecule has 0 amide bonds. The Labute approximate surface area is 114 Å². The second-order valence-electron chi connectivity index (χ2n) is 5.08. The van der Waals surface area contributed by atoms with Crippen LogP contribution in [0, 0.1) is 0 Å². The van der Waals surface area contributed by atoms with Crippen molar-refractivity contribution in [2.75, 3.05) is 38.2 Å². The third kappa shape index (κ3) is 2.72. The van der Waals surface area contributed by atoms with Crippen LogP contribution >= 0.6 is 0 Å². The zero-order chi connectivity index (χ0) is 13.1. The number of fused-ring (bicyclic) bond motifs is 1. The summed E-state index contributed by atoms with van der Waals surface area (Å²) in [6.45, 7) is 3.64. The summed E-state index contributed by atoms with van der Waals surface area (Å²) in [5, 5.41) is 5.97. The normalized spacial score (nSPS) is 19.5. The second kappa shape index (κ2) is 5.59. The zero-order valence-electron chi connectivity index (χ0n) is 11.3. The van der Waals surface area contributed by atoms with Gasteiger partial charge in [0.1, 0.15) is 0 Å². The van der Waals surface area contributed by atoms with Crippen molar-refractivity contribution in [3.05, 3.63) is 42.5 Å². The predicted octanol–water partition coefficient (Wildman–Crippen LogP) is 2.26. The molecule has 1 heterocycles. The zero-order valence-corrected chi connectivity index (χ0v) is 11.3. The molecule has 3 nitrogen and oxygen atoms in total. The standard InChI is InChI=1S/C16H20N2O/c1-18(12-14-11-17-9-10-19-14)16-8-4-6-13-5-2-3-7-15(13)16/h2-8,14,17H,9-12H2,1H3. The molecule has 0 aliphatic carbocycles. The van der Waals surface area contributed by atoms with Gasteiger partial charge in [-0.2, -0.15) is 0 Å². The van der Waals surface area contributed by atoms with Crippen LogP contribution in [0.4, 0.5) is 5.69 Å². The number of hydrogen-bond acceptors (Lipinski definition) is 3. The van der Waals surface area contributed by atoms with Crippen LogP contribution in [0.3, 0.4) is 0 Å². The smallest absolute Gasteiger partial charge is 0.0874 e. The fraction of sp³-hybridized carbons (Fsp3) is 0.375. The van der Waals surface area contributed by atoms with Crippen molar-refractivity contribution in [1.29, 1.82) is 0 Å². The van der Waals surface area contributed by atoms with E-state index in [0.717, 1.165) is 26.2 Å². The first-order chi connectivity index (χ1) is 9.34. The number of rotatable bonds is 3. The van der Waals surface area contributed by atoms with Crippen molar-refractivity contribution in [2.24, 2.45) is 0 Å². The fourth-order valence-corrected chi connectivity index (χ4v) is 2.68. The van der Waals surface area contributed by atoms with Gasteiger partial charge in [0, 0.05) is 37.8 Å². The quantitative estimate of drug-likeness (QED) is 0.911. The average Bonchev–Trinajstić information content (AvgIpc) is 2.47. The summed E-state index contributed by atoms with van der Waals surface area (Å²) in [4.78, 5) is 2.29. The van der Waals surface area contributed by atoms with Crippen LogP contribution in [0.5, 0.6) is 0 Å². The Balaban J connectivity index is 1.82. The number of morpholine rings is 1. The van der Waals surface area contributed by atoms with E-state index in [9.17, 15) is 0 Å². The predicted molar refractivity (Wildman–Crippen MR) is 79.8 cm³/mol. The summed E-state index contributed by atoms with van der Waals surface area (Å²) in [5.41, 5.74) is 1.27. The van der Waals surface area contributed by atoms with Crippen LogP contribution in [-0.2, 0) is 4.74 Å². The summed E-state index contributed by atoms with van der Waals surface area (Å²) < 4.78 is 5.78. The highest BCUT2D eigenvalue weighted by atomic mass is 16.5. The number of hydrogen-bond donors (Lipinski definition) is 1. The molecule has 0 spiro atoms. The van der Waals surface area contributed by atoms with Gasteiger partial charge in [-0.05, 0) is 11.5 Å². The first-order valence-electron chi connectivity index (χ1n) is 6.86. The van der Waals surface area contributed by atoms with Crippen molar-refractivity contribution in [2.45, 2.75) is 6.10 Å². The summed E-state index contributed by atoms with van der Waals surface area (Å²) in [7, 11) is 2.14. The first kappa shape index (κ1) is 12.5. The molecule has 1 saturated heterocycles. The van der Waals surface area contributed by atoms with Crippen LogP contribution in [0.15, 0.2) is 42.5 Å². The van der Waals surface area contributed by atoms with Crippen molar-refractivity contribution in [1.82, 2.24) is 5.32 Å². The molecule has 1 fully saturated rings. The number of nitrogens with zero attached hydrogens (tertiary/aromatic N) is 1. The lowest BCUT2D eigenvalue weighted by molar-refractivity contribution is 0.0340. The summed E-state index contributed by atoms with van der Waals surface area (Å²) in [6, 6.07) is 15.0. The van der Waals surface area contributed by atoms with Gasteiger partial charge in [-0.1, -0.05) is 36.4 Å². The molecule has 0 radical (unpaired) electrons. The molecule has 1 N–H and O–H groups in total. The summed E-state index contributed by atoms with van der Waals surface area (Å²) in [5.74, 6) is 0. The lowest BCUT2D eigenvalue weighted by Gasteiger charge is -2.29. The average molecular weight is 256 g/mol. The fourth-order valence-electron chi connectivity index (χ4n) is 2.68. The van der Waals surface area contributed by atoms with Crippen LogP contribution in [0.1, 0.15) is 0 Å². The Kier molecular flexibility index (Phi) is 3.67. The Morgan fingerprint density at radius 1 is 1.21 bits per heavy atom. The maximum Gasteiger partial charge on any atom is 0.0874 e. The van der Waals surface area contributed by atoms with E-state index in [4.69, 9.17) is 4.74 Å². The van der Waals surface area contributed by atoms with E-state index in [1.54, 1.807) is 0 Å². The van der Waals surface area contributed by atoms with Gasteiger partial charge >= 0.3 is 0 Å². The van der Waals surface area contributed by atoms with Crippen LogP contribution in [-0.4, -0.2) is 39.4 Å². The number of likely N-dealkylation sites (N-methyl/N-ethyl adjacent to an activating group) is 1. The van der Waals surface area contributed by atoms with Crippen molar-refractivity contribution in [3.63, 3.8) is 0 Å². The second-order valence-corrected chi connectivity index (χ2v) is 5.08. The lowest BCUT2D eigenvalue weighted by Crippen LogP contribution is -2.44. The first-order valence-corrected chi connectivity index (χ1v) is 6.86. The Morgan fingerprint density at radius 2 is 2.05 bits per heavy atom. The molecule has 100 valence electrons. The number of nitrogens with one attached hydrogen (secondary N) is 1. The highest BCUT2D eigenvalue weighted by molar-refractivity contribution is 5.94. The van der Waals surface area contributed by atoms with Gasteiger partial charge < -0.3 is 15.0 Å². The molecule has 1 aliphatic heterocycles. The monoisotopic (exact) mass is 256 g/mol. The Hall–Kier alpha value is -1.58. The minimum absolute atomic E-state index is 0.276. The molecule has 19 heavy (non-hydrogen) atoms. The minimum atomic E-state index is 0.276. The maximum atomic E-state index is 5.78. The van der Waals surface area contributed by atoms with Gasteiger partial charge in [-0.3, -0.25) is 0 Å². The highest BCUT2D eigenvalue weighted by Crippen LogP contribution is 2.26. The van der Waals surface area contributed by atoms with Gasteiger partial charge in [0.2, 0.25) is 0 Å². The largest absolute Gasteiger partial charge is 0.374 e. The Bertz CT molecular complexity index is 544. The molecule has 1 unspecified atom stereocenters. The van der Waals surface area contributed by atoms with Crippen molar-refractivity contribution < 1.29 is 4.74 Å². The highest BCUT2D eigenvalue weighted by Gasteiger charge is 2.16. The summed E-state index contributed by atoms with van der Waals surface area (Å²) >= 11 is 0. The SMILES string of the molecule is CN(CC1CNCCO1)c1cccc2ccccc12. The molecule has 2 aromatic carbocycles. The molecular formula is C16H20N2O. The molecule has 1 atom stereocenters. The van der Waals surface area contributed by atoms with E-state index >= 15 is 0 Å².